The molecule has 5 nitrogen and oxygen atoms in total. The van der Waals surface area contributed by atoms with E-state index >= 15 is 0 Å². The first-order valence-corrected chi connectivity index (χ1v) is 5.59. The summed E-state index contributed by atoms with van der Waals surface area (Å²) in [6.45, 7) is 5.90. The molecule has 0 spiro atoms. The van der Waals surface area contributed by atoms with Gasteiger partial charge in [0.05, 0.1) is 7.11 Å². The zero-order valence-electron chi connectivity index (χ0n) is 10.5. The monoisotopic (exact) mass is 248 g/mol. The van der Waals surface area contributed by atoms with Crippen LogP contribution in [0.5, 0.6) is 5.75 Å². The van der Waals surface area contributed by atoms with Gasteiger partial charge >= 0.3 is 11.9 Å². The highest BCUT2D eigenvalue weighted by Crippen LogP contribution is 2.51. The molecule has 1 aliphatic rings. The molecule has 18 heavy (non-hydrogen) atoms. The van der Waals surface area contributed by atoms with Gasteiger partial charge in [-0.15, -0.1) is 0 Å². The van der Waals surface area contributed by atoms with Crippen LogP contribution in [-0.2, 0) is 10.2 Å². The summed E-state index contributed by atoms with van der Waals surface area (Å²) in [5, 5.41) is 0. The fourth-order valence-electron chi connectivity index (χ4n) is 2.40. The summed E-state index contributed by atoms with van der Waals surface area (Å²) in [6.07, 6.45) is 0. The number of benzene rings is 1. The third-order valence-corrected chi connectivity index (χ3v) is 3.11. The number of ether oxygens (including phenoxy) is 2. The molecule has 0 atom stereocenters. The van der Waals surface area contributed by atoms with Crippen LogP contribution in [0, 0.1) is 0 Å². The predicted molar refractivity (Wildman–Crippen MR) is 62.4 cm³/mol. The quantitative estimate of drug-likeness (QED) is 0.725. The standard InChI is InChI=1S/C13H12O5/c1-13(2,3)7-8-5(11(14)16-4)6-9(17-8)10(7)18-12(6)15/h1-4H3. The topological polar surface area (TPSA) is 65.7 Å². The first kappa shape index (κ1) is 11.1. The van der Waals surface area contributed by atoms with Crippen LogP contribution in [0.4, 0.5) is 0 Å². The summed E-state index contributed by atoms with van der Waals surface area (Å²) in [4.78, 5) is 23.5. The maximum Gasteiger partial charge on any atom is 0.348 e. The molecule has 0 fully saturated rings. The van der Waals surface area contributed by atoms with Gasteiger partial charge in [-0.1, -0.05) is 20.8 Å². The minimum absolute atomic E-state index is 0.184. The van der Waals surface area contributed by atoms with Crippen LogP contribution in [0.1, 0.15) is 47.1 Å². The van der Waals surface area contributed by atoms with Crippen LogP contribution >= 0.6 is 0 Å². The highest BCUT2D eigenvalue weighted by molar-refractivity contribution is 6.19. The van der Waals surface area contributed by atoms with E-state index in [-0.39, 0.29) is 16.5 Å². The fourth-order valence-corrected chi connectivity index (χ4v) is 2.40. The number of hydrogen-bond acceptors (Lipinski definition) is 5. The van der Waals surface area contributed by atoms with E-state index in [0.29, 0.717) is 16.9 Å². The van der Waals surface area contributed by atoms with E-state index in [1.54, 1.807) is 0 Å². The number of carbonyl (C=O) groups is 2. The lowest BCUT2D eigenvalue weighted by molar-refractivity contribution is 0.0593. The molecule has 1 aliphatic heterocycles. The highest BCUT2D eigenvalue weighted by Gasteiger charge is 2.44. The van der Waals surface area contributed by atoms with Gasteiger partial charge in [-0.25, -0.2) is 9.59 Å². The average molecular weight is 248 g/mol. The highest BCUT2D eigenvalue weighted by atomic mass is 16.6. The van der Waals surface area contributed by atoms with Crippen molar-refractivity contribution in [1.82, 2.24) is 0 Å². The lowest BCUT2D eigenvalue weighted by Crippen LogP contribution is -2.13. The van der Waals surface area contributed by atoms with Crippen molar-refractivity contribution in [3.8, 4) is 5.75 Å². The number of hydrogen-bond donors (Lipinski definition) is 0. The SMILES string of the molecule is COC(=O)c1c2c3oc1c(C(C)(C)C)c3OC2=O. The Labute approximate surface area is 103 Å². The lowest BCUT2D eigenvalue weighted by atomic mass is 9.85. The number of methoxy groups -OCH3 is 1. The van der Waals surface area contributed by atoms with Crippen LogP contribution in [0.2, 0.25) is 0 Å². The van der Waals surface area contributed by atoms with E-state index in [1.807, 2.05) is 20.8 Å². The summed E-state index contributed by atoms with van der Waals surface area (Å²) in [7, 11) is 1.27. The summed E-state index contributed by atoms with van der Waals surface area (Å²) < 4.78 is 15.4. The van der Waals surface area contributed by atoms with Gasteiger partial charge in [-0.05, 0) is 5.41 Å². The number of carbonyl (C=O) groups excluding carboxylic acids is 2. The summed E-state index contributed by atoms with van der Waals surface area (Å²) >= 11 is 0. The van der Waals surface area contributed by atoms with Crippen LogP contribution in [-0.4, -0.2) is 19.0 Å². The first-order chi connectivity index (χ1) is 8.36. The second-order valence-electron chi connectivity index (χ2n) is 5.35. The zero-order valence-corrected chi connectivity index (χ0v) is 10.5. The maximum atomic E-state index is 11.8. The largest absolute Gasteiger partial charge is 0.465 e. The van der Waals surface area contributed by atoms with Gasteiger partial charge in [0, 0.05) is 5.56 Å². The molecule has 0 saturated heterocycles. The summed E-state index contributed by atoms with van der Waals surface area (Å²) in [5.74, 6) is -0.672. The Morgan fingerprint density at radius 3 is 2.44 bits per heavy atom. The van der Waals surface area contributed by atoms with Gasteiger partial charge in [0.15, 0.2) is 16.9 Å². The Morgan fingerprint density at radius 1 is 1.22 bits per heavy atom. The molecule has 0 N–H and O–H groups in total. The second kappa shape index (κ2) is 3.04. The van der Waals surface area contributed by atoms with Crippen molar-refractivity contribution in [3.05, 3.63) is 16.7 Å². The van der Waals surface area contributed by atoms with Gasteiger partial charge in [0.1, 0.15) is 11.1 Å². The third-order valence-electron chi connectivity index (χ3n) is 3.11. The molecule has 0 amide bonds. The van der Waals surface area contributed by atoms with Crippen molar-refractivity contribution >= 4 is 23.1 Å². The third kappa shape index (κ3) is 1.11. The van der Waals surface area contributed by atoms with Crippen molar-refractivity contribution < 1.29 is 23.5 Å². The van der Waals surface area contributed by atoms with Crippen LogP contribution in [0.3, 0.4) is 0 Å². The van der Waals surface area contributed by atoms with Gasteiger partial charge in [0.2, 0.25) is 0 Å². The van der Waals surface area contributed by atoms with Crippen LogP contribution in [0.15, 0.2) is 4.42 Å². The number of fused-ring (bicyclic) bond motifs is 1. The Hall–Kier alpha value is -2.04. The molecule has 94 valence electrons. The maximum absolute atomic E-state index is 11.8. The molecule has 2 bridgehead atoms. The predicted octanol–water partition coefficient (Wildman–Crippen LogP) is 2.49. The van der Waals surface area contributed by atoms with Crippen molar-refractivity contribution in [2.45, 2.75) is 26.2 Å². The molecule has 3 heterocycles. The molecule has 0 saturated carbocycles. The van der Waals surface area contributed by atoms with E-state index in [9.17, 15) is 9.59 Å². The Bertz CT molecular complexity index is 671. The first-order valence-electron chi connectivity index (χ1n) is 5.59. The minimum Gasteiger partial charge on any atom is -0.465 e. The van der Waals surface area contributed by atoms with Crippen molar-refractivity contribution in [2.24, 2.45) is 0 Å². The van der Waals surface area contributed by atoms with Crippen LogP contribution < -0.4 is 4.74 Å². The molecule has 2 aromatic rings. The van der Waals surface area contributed by atoms with Gasteiger partial charge in [0.25, 0.3) is 0 Å². The molecule has 3 rings (SSSR count). The minimum atomic E-state index is -0.574. The van der Waals surface area contributed by atoms with Crippen molar-refractivity contribution in [2.75, 3.05) is 7.11 Å². The molecular weight excluding hydrogens is 236 g/mol. The van der Waals surface area contributed by atoms with E-state index < -0.39 is 11.9 Å². The van der Waals surface area contributed by atoms with Gasteiger partial charge < -0.3 is 13.9 Å². The number of furan rings is 2. The molecule has 5 heteroatoms. The van der Waals surface area contributed by atoms with E-state index in [0.717, 1.165) is 5.56 Å². The average Bonchev–Trinajstić information content (AvgIpc) is 2.85. The normalized spacial score (nSPS) is 14.3. The zero-order chi connectivity index (χ0) is 13.2. The smallest absolute Gasteiger partial charge is 0.348 e. The second-order valence-corrected chi connectivity index (χ2v) is 5.35. The van der Waals surface area contributed by atoms with Gasteiger partial charge in [-0.2, -0.15) is 0 Å². The molecule has 0 aromatic carbocycles. The Balaban J connectivity index is 2.38. The van der Waals surface area contributed by atoms with E-state index in [4.69, 9.17) is 13.9 Å². The van der Waals surface area contributed by atoms with Crippen LogP contribution in [0.25, 0.3) is 11.2 Å². The van der Waals surface area contributed by atoms with E-state index in [2.05, 4.69) is 0 Å². The Kier molecular flexibility index (Phi) is 1.87. The van der Waals surface area contributed by atoms with E-state index in [1.165, 1.54) is 7.11 Å². The summed E-state index contributed by atoms with van der Waals surface area (Å²) in [6, 6.07) is 0. The summed E-state index contributed by atoms with van der Waals surface area (Å²) in [5.41, 5.74) is 1.60. The molecule has 0 radical (unpaired) electrons. The molecular formula is C13H12O5. The molecule has 0 aliphatic carbocycles. The number of esters is 2. The molecule has 2 aromatic heterocycles. The van der Waals surface area contributed by atoms with Crippen molar-refractivity contribution in [3.63, 3.8) is 0 Å². The fraction of sp³-hybridized carbons (Fsp3) is 0.385. The lowest BCUT2D eigenvalue weighted by Gasteiger charge is -2.17. The number of rotatable bonds is 1. The molecule has 0 unspecified atom stereocenters. The van der Waals surface area contributed by atoms with Crippen molar-refractivity contribution in [1.29, 1.82) is 0 Å². The van der Waals surface area contributed by atoms with Gasteiger partial charge in [-0.3, -0.25) is 0 Å². The Morgan fingerprint density at radius 2 is 1.89 bits per heavy atom.